The van der Waals surface area contributed by atoms with E-state index in [2.05, 4.69) is 4.90 Å². The molecular weight excluding hydrogens is 272 g/mol. The molecule has 0 radical (unpaired) electrons. The highest BCUT2D eigenvalue weighted by molar-refractivity contribution is 5.69. The molecule has 2 fully saturated rings. The number of nitrogens with zero attached hydrogens (tertiary/aromatic N) is 2. The van der Waals surface area contributed by atoms with Gasteiger partial charge in [0.1, 0.15) is 5.60 Å². The maximum absolute atomic E-state index is 12.3. The number of ether oxygens (including phenoxy) is 1. The van der Waals surface area contributed by atoms with Gasteiger partial charge in [-0.3, -0.25) is 14.6 Å². The van der Waals surface area contributed by atoms with Crippen molar-refractivity contribution >= 4 is 12.1 Å². The lowest BCUT2D eigenvalue weighted by atomic mass is 10.1. The van der Waals surface area contributed by atoms with Crippen LogP contribution in [-0.4, -0.2) is 64.3 Å². The molecule has 1 N–H and O–H groups in total. The van der Waals surface area contributed by atoms with Crippen LogP contribution < -0.4 is 0 Å². The first-order valence-corrected chi connectivity index (χ1v) is 7.72. The van der Waals surface area contributed by atoms with Gasteiger partial charge in [0.25, 0.3) is 0 Å². The number of piperazine rings is 1. The van der Waals surface area contributed by atoms with Gasteiger partial charge in [-0.1, -0.05) is 0 Å². The van der Waals surface area contributed by atoms with Crippen molar-refractivity contribution < 1.29 is 19.4 Å². The van der Waals surface area contributed by atoms with E-state index in [1.54, 1.807) is 0 Å². The number of hydrogen-bond donors (Lipinski definition) is 1. The number of carboxylic acids is 1. The van der Waals surface area contributed by atoms with E-state index in [4.69, 9.17) is 9.84 Å². The lowest BCUT2D eigenvalue weighted by Crippen LogP contribution is -2.56. The van der Waals surface area contributed by atoms with E-state index in [1.807, 2.05) is 25.7 Å². The van der Waals surface area contributed by atoms with Crippen molar-refractivity contribution in [1.82, 2.24) is 9.80 Å². The van der Waals surface area contributed by atoms with Crippen LogP contribution >= 0.6 is 0 Å². The molecule has 6 nitrogen and oxygen atoms in total. The van der Waals surface area contributed by atoms with Gasteiger partial charge in [-0.2, -0.15) is 0 Å². The molecule has 0 aromatic carbocycles. The summed E-state index contributed by atoms with van der Waals surface area (Å²) in [6, 6.07) is 0.423. The summed E-state index contributed by atoms with van der Waals surface area (Å²) < 4.78 is 5.50. The van der Waals surface area contributed by atoms with Crippen molar-refractivity contribution in [3.8, 4) is 0 Å². The van der Waals surface area contributed by atoms with E-state index in [0.717, 1.165) is 32.5 Å². The lowest BCUT2D eigenvalue weighted by Gasteiger charge is -2.41. The molecule has 0 aromatic rings. The molecule has 2 aliphatic heterocycles. The Hall–Kier alpha value is -1.30. The number of likely N-dealkylation sites (tertiary alicyclic amines) is 1. The first-order valence-electron chi connectivity index (χ1n) is 7.72. The first kappa shape index (κ1) is 16.1. The number of amides is 1. The van der Waals surface area contributed by atoms with Crippen molar-refractivity contribution in [2.24, 2.45) is 0 Å². The van der Waals surface area contributed by atoms with Gasteiger partial charge in [0.15, 0.2) is 0 Å². The predicted molar refractivity (Wildman–Crippen MR) is 78.2 cm³/mol. The SMILES string of the molecule is CC(C)(C)OC(=O)N1C2CCC1CN(CCCC(=O)O)C2. The fourth-order valence-corrected chi connectivity index (χ4v) is 3.24. The highest BCUT2D eigenvalue weighted by atomic mass is 16.6. The normalized spacial score (nSPS) is 26.0. The molecule has 0 spiro atoms. The highest BCUT2D eigenvalue weighted by Gasteiger charge is 2.43. The van der Waals surface area contributed by atoms with Crippen LogP contribution in [0.25, 0.3) is 0 Å². The van der Waals surface area contributed by atoms with E-state index < -0.39 is 11.6 Å². The molecule has 21 heavy (non-hydrogen) atoms. The number of rotatable bonds is 4. The zero-order valence-corrected chi connectivity index (χ0v) is 13.2. The Morgan fingerprint density at radius 3 is 2.24 bits per heavy atom. The van der Waals surface area contributed by atoms with E-state index in [-0.39, 0.29) is 24.6 Å². The minimum atomic E-state index is -0.745. The number of hydrogen-bond acceptors (Lipinski definition) is 4. The van der Waals surface area contributed by atoms with Crippen LogP contribution in [0.3, 0.4) is 0 Å². The largest absolute Gasteiger partial charge is 0.481 e. The van der Waals surface area contributed by atoms with E-state index in [0.29, 0.717) is 6.42 Å². The smallest absolute Gasteiger partial charge is 0.410 e. The number of carbonyl (C=O) groups excluding carboxylic acids is 1. The molecule has 120 valence electrons. The summed E-state index contributed by atoms with van der Waals surface area (Å²) in [5.41, 5.74) is -0.463. The summed E-state index contributed by atoms with van der Waals surface area (Å²) >= 11 is 0. The van der Waals surface area contributed by atoms with Crippen molar-refractivity contribution in [3.63, 3.8) is 0 Å². The molecule has 1 amide bonds. The van der Waals surface area contributed by atoms with Crippen molar-refractivity contribution in [2.45, 2.75) is 64.1 Å². The van der Waals surface area contributed by atoms with Gasteiger partial charge in [-0.25, -0.2) is 4.79 Å². The topological polar surface area (TPSA) is 70.1 Å². The lowest BCUT2D eigenvalue weighted by molar-refractivity contribution is -0.137. The average molecular weight is 298 g/mol. The second-order valence-corrected chi connectivity index (χ2v) is 7.03. The molecule has 0 saturated carbocycles. The van der Waals surface area contributed by atoms with Gasteiger partial charge < -0.3 is 9.84 Å². The van der Waals surface area contributed by atoms with E-state index >= 15 is 0 Å². The summed E-state index contributed by atoms with van der Waals surface area (Å²) in [6.07, 6.45) is 2.70. The minimum Gasteiger partial charge on any atom is -0.481 e. The molecule has 2 bridgehead atoms. The standard InChI is InChI=1S/C15H26N2O4/c1-15(2,3)21-14(20)17-11-6-7-12(17)10-16(9-11)8-4-5-13(18)19/h11-12H,4-10H2,1-3H3,(H,18,19). The molecule has 0 aromatic heterocycles. The number of aliphatic carboxylic acids is 1. The molecule has 2 rings (SSSR count). The minimum absolute atomic E-state index is 0.208. The maximum atomic E-state index is 12.3. The summed E-state index contributed by atoms with van der Waals surface area (Å²) in [6.45, 7) is 8.10. The van der Waals surface area contributed by atoms with Crippen LogP contribution in [0.5, 0.6) is 0 Å². The first-order chi connectivity index (χ1) is 9.76. The Kier molecular flexibility index (Phi) is 4.76. The zero-order chi connectivity index (χ0) is 15.6. The second kappa shape index (κ2) is 6.22. The van der Waals surface area contributed by atoms with Gasteiger partial charge >= 0.3 is 12.1 Å². The summed E-state index contributed by atoms with van der Waals surface area (Å²) in [4.78, 5) is 27.0. The van der Waals surface area contributed by atoms with Crippen LogP contribution in [-0.2, 0) is 9.53 Å². The van der Waals surface area contributed by atoms with Crippen molar-refractivity contribution in [1.29, 1.82) is 0 Å². The molecule has 2 unspecified atom stereocenters. The molecule has 6 heteroatoms. The van der Waals surface area contributed by atoms with E-state index in [9.17, 15) is 9.59 Å². The average Bonchev–Trinajstić information content (AvgIpc) is 2.59. The maximum Gasteiger partial charge on any atom is 0.410 e. The van der Waals surface area contributed by atoms with Crippen LogP contribution in [0.2, 0.25) is 0 Å². The quantitative estimate of drug-likeness (QED) is 0.859. The van der Waals surface area contributed by atoms with Gasteiger partial charge in [-0.15, -0.1) is 0 Å². The van der Waals surface area contributed by atoms with Crippen LogP contribution in [0, 0.1) is 0 Å². The van der Waals surface area contributed by atoms with Crippen LogP contribution in [0.4, 0.5) is 4.79 Å². The van der Waals surface area contributed by atoms with Crippen molar-refractivity contribution in [3.05, 3.63) is 0 Å². The van der Waals surface area contributed by atoms with E-state index in [1.165, 1.54) is 0 Å². The third-order valence-corrected chi connectivity index (χ3v) is 4.03. The molecule has 2 atom stereocenters. The number of fused-ring (bicyclic) bond motifs is 2. The zero-order valence-electron chi connectivity index (χ0n) is 13.2. The Labute approximate surface area is 126 Å². The summed E-state index contributed by atoms with van der Waals surface area (Å²) in [5.74, 6) is -0.745. The van der Waals surface area contributed by atoms with Gasteiger partial charge in [-0.05, 0) is 46.6 Å². The molecule has 2 aliphatic rings. The third-order valence-electron chi connectivity index (χ3n) is 4.03. The number of carboxylic acid groups (broad SMARTS) is 1. The fraction of sp³-hybridized carbons (Fsp3) is 0.867. The Balaban J connectivity index is 1.87. The summed E-state index contributed by atoms with van der Waals surface area (Å²) in [7, 11) is 0. The van der Waals surface area contributed by atoms with Gasteiger partial charge in [0, 0.05) is 31.6 Å². The van der Waals surface area contributed by atoms with Gasteiger partial charge in [0.05, 0.1) is 0 Å². The predicted octanol–water partition coefficient (Wildman–Crippen LogP) is 1.93. The van der Waals surface area contributed by atoms with Crippen LogP contribution in [0.1, 0.15) is 46.5 Å². The molecule has 2 heterocycles. The Morgan fingerprint density at radius 1 is 1.19 bits per heavy atom. The third kappa shape index (κ3) is 4.33. The van der Waals surface area contributed by atoms with Crippen molar-refractivity contribution in [2.75, 3.05) is 19.6 Å². The Bertz CT molecular complexity index is 391. The molecule has 2 saturated heterocycles. The number of carbonyl (C=O) groups is 2. The molecule has 0 aliphatic carbocycles. The fourth-order valence-electron chi connectivity index (χ4n) is 3.24. The second-order valence-electron chi connectivity index (χ2n) is 7.03. The van der Waals surface area contributed by atoms with Crippen LogP contribution in [0.15, 0.2) is 0 Å². The van der Waals surface area contributed by atoms with Gasteiger partial charge in [0.2, 0.25) is 0 Å². The Morgan fingerprint density at radius 2 is 1.76 bits per heavy atom. The summed E-state index contributed by atoms with van der Waals surface area (Å²) in [5, 5.41) is 8.69. The highest BCUT2D eigenvalue weighted by Crippen LogP contribution is 2.31. The molecular formula is C15H26N2O4. The monoisotopic (exact) mass is 298 g/mol.